The monoisotopic (exact) mass is 376 g/mol. The number of benzene rings is 2. The third-order valence-electron chi connectivity index (χ3n) is 4.25. The minimum atomic E-state index is -0.339. The second-order valence-electron chi connectivity index (χ2n) is 6.57. The quantitative estimate of drug-likeness (QED) is 0.646. The van der Waals surface area contributed by atoms with Gasteiger partial charge in [-0.15, -0.1) is 0 Å². The van der Waals surface area contributed by atoms with Crippen molar-refractivity contribution in [3.8, 4) is 5.75 Å². The van der Waals surface area contributed by atoms with Gasteiger partial charge in [0.05, 0.1) is 24.7 Å². The Morgan fingerprint density at radius 2 is 1.75 bits per heavy atom. The maximum absolute atomic E-state index is 12.5. The number of hydrogen-bond donors (Lipinski definition) is 2. The summed E-state index contributed by atoms with van der Waals surface area (Å²) in [6.45, 7) is 8.58. The van der Waals surface area contributed by atoms with Gasteiger partial charge in [0.1, 0.15) is 17.3 Å². The predicted molar refractivity (Wildman–Crippen MR) is 112 cm³/mol. The van der Waals surface area contributed by atoms with E-state index in [1.165, 1.54) is 11.8 Å². The molecule has 0 saturated carbocycles. The first kappa shape index (κ1) is 19.4. The summed E-state index contributed by atoms with van der Waals surface area (Å²) in [6, 6.07) is 11.5. The standard InChI is InChI=1S/C22H24N4O2/c1-5-28-19-9-7-6-8-17(19)25-22(27)18-12-24-20(13-23-18)26-21-15(3)10-14(2)11-16(21)4/h6-13H,5H2,1-4H3,(H,24,26)(H,25,27). The van der Waals surface area contributed by atoms with Crippen molar-refractivity contribution in [2.75, 3.05) is 17.2 Å². The lowest BCUT2D eigenvalue weighted by molar-refractivity contribution is 0.102. The summed E-state index contributed by atoms with van der Waals surface area (Å²) >= 11 is 0. The Balaban J connectivity index is 1.73. The van der Waals surface area contributed by atoms with Crippen molar-refractivity contribution in [2.45, 2.75) is 27.7 Å². The molecule has 0 aliphatic heterocycles. The lowest BCUT2D eigenvalue weighted by atomic mass is 10.1. The van der Waals surface area contributed by atoms with E-state index in [4.69, 9.17) is 4.74 Å². The molecule has 3 rings (SSSR count). The smallest absolute Gasteiger partial charge is 0.275 e. The molecule has 0 unspecified atom stereocenters. The van der Waals surface area contributed by atoms with E-state index < -0.39 is 0 Å². The summed E-state index contributed by atoms with van der Waals surface area (Å²) in [5.74, 6) is 0.866. The molecule has 0 spiro atoms. The van der Waals surface area contributed by atoms with E-state index in [0.717, 1.165) is 16.8 Å². The molecule has 0 radical (unpaired) electrons. The topological polar surface area (TPSA) is 76.1 Å². The second-order valence-corrected chi connectivity index (χ2v) is 6.57. The van der Waals surface area contributed by atoms with Gasteiger partial charge in [0.2, 0.25) is 0 Å². The Kier molecular flexibility index (Phi) is 5.89. The molecular formula is C22H24N4O2. The van der Waals surface area contributed by atoms with Crippen molar-refractivity contribution >= 4 is 23.1 Å². The van der Waals surface area contributed by atoms with Gasteiger partial charge in [0.15, 0.2) is 0 Å². The molecule has 2 N–H and O–H groups in total. The summed E-state index contributed by atoms with van der Waals surface area (Å²) in [5, 5.41) is 6.10. The van der Waals surface area contributed by atoms with Crippen LogP contribution in [0.25, 0.3) is 0 Å². The van der Waals surface area contributed by atoms with Gasteiger partial charge in [-0.1, -0.05) is 29.8 Å². The van der Waals surface area contributed by atoms with E-state index >= 15 is 0 Å². The first-order valence-electron chi connectivity index (χ1n) is 9.18. The van der Waals surface area contributed by atoms with Crippen LogP contribution in [-0.2, 0) is 0 Å². The molecule has 6 heteroatoms. The highest BCUT2D eigenvalue weighted by Gasteiger charge is 2.12. The van der Waals surface area contributed by atoms with Crippen LogP contribution >= 0.6 is 0 Å². The number of hydrogen-bond acceptors (Lipinski definition) is 5. The molecule has 1 aromatic heterocycles. The number of rotatable bonds is 6. The second kappa shape index (κ2) is 8.52. The van der Waals surface area contributed by atoms with Crippen LogP contribution in [-0.4, -0.2) is 22.5 Å². The largest absolute Gasteiger partial charge is 0.492 e. The Hall–Kier alpha value is -3.41. The van der Waals surface area contributed by atoms with E-state index in [9.17, 15) is 4.79 Å². The highest BCUT2D eigenvalue weighted by Crippen LogP contribution is 2.26. The Morgan fingerprint density at radius 1 is 1.04 bits per heavy atom. The summed E-state index contributed by atoms with van der Waals surface area (Å²) < 4.78 is 5.53. The third kappa shape index (κ3) is 4.46. The third-order valence-corrected chi connectivity index (χ3v) is 4.25. The molecule has 1 heterocycles. The molecular weight excluding hydrogens is 352 g/mol. The van der Waals surface area contributed by atoms with Crippen LogP contribution in [0.3, 0.4) is 0 Å². The number of para-hydroxylation sites is 2. The van der Waals surface area contributed by atoms with Crippen molar-refractivity contribution in [1.29, 1.82) is 0 Å². The van der Waals surface area contributed by atoms with E-state index in [-0.39, 0.29) is 11.6 Å². The fraction of sp³-hybridized carbons (Fsp3) is 0.227. The molecule has 0 atom stereocenters. The lowest BCUT2D eigenvalue weighted by Gasteiger charge is -2.13. The van der Waals surface area contributed by atoms with Crippen molar-refractivity contribution in [1.82, 2.24) is 9.97 Å². The highest BCUT2D eigenvalue weighted by molar-refractivity contribution is 6.03. The summed E-state index contributed by atoms with van der Waals surface area (Å²) in [4.78, 5) is 21.1. The first-order valence-corrected chi connectivity index (χ1v) is 9.18. The van der Waals surface area contributed by atoms with Gasteiger partial charge < -0.3 is 15.4 Å². The van der Waals surface area contributed by atoms with Gasteiger partial charge in [0.25, 0.3) is 5.91 Å². The number of carbonyl (C=O) groups is 1. The van der Waals surface area contributed by atoms with Crippen LogP contribution in [0.15, 0.2) is 48.8 Å². The van der Waals surface area contributed by atoms with E-state index in [1.54, 1.807) is 12.3 Å². The minimum absolute atomic E-state index is 0.231. The zero-order chi connectivity index (χ0) is 20.1. The van der Waals surface area contributed by atoms with Gasteiger partial charge >= 0.3 is 0 Å². The van der Waals surface area contributed by atoms with Crippen molar-refractivity contribution in [2.24, 2.45) is 0 Å². The molecule has 3 aromatic rings. The molecule has 144 valence electrons. The molecule has 0 saturated heterocycles. The number of amides is 1. The fourth-order valence-corrected chi connectivity index (χ4v) is 3.05. The number of nitrogens with one attached hydrogen (secondary N) is 2. The van der Waals surface area contributed by atoms with E-state index in [1.807, 2.05) is 39.0 Å². The normalized spacial score (nSPS) is 10.4. The predicted octanol–water partition coefficient (Wildman–Crippen LogP) is 4.80. The highest BCUT2D eigenvalue weighted by atomic mass is 16.5. The maximum atomic E-state index is 12.5. The minimum Gasteiger partial charge on any atom is -0.492 e. The van der Waals surface area contributed by atoms with Crippen LogP contribution in [0.4, 0.5) is 17.2 Å². The lowest BCUT2D eigenvalue weighted by Crippen LogP contribution is -2.15. The number of aromatic nitrogens is 2. The van der Waals surface area contributed by atoms with Gasteiger partial charge in [0, 0.05) is 5.69 Å². The zero-order valence-electron chi connectivity index (χ0n) is 16.5. The van der Waals surface area contributed by atoms with Crippen LogP contribution in [0.2, 0.25) is 0 Å². The van der Waals surface area contributed by atoms with Gasteiger partial charge in [-0.05, 0) is 51.0 Å². The van der Waals surface area contributed by atoms with Crippen molar-refractivity contribution < 1.29 is 9.53 Å². The van der Waals surface area contributed by atoms with Crippen molar-refractivity contribution in [3.63, 3.8) is 0 Å². The summed E-state index contributed by atoms with van der Waals surface area (Å²) in [5.41, 5.74) is 5.31. The molecule has 0 aliphatic carbocycles. The van der Waals surface area contributed by atoms with Gasteiger partial charge in [-0.25, -0.2) is 9.97 Å². The summed E-state index contributed by atoms with van der Waals surface area (Å²) in [6.07, 6.45) is 3.02. The van der Waals surface area contributed by atoms with Crippen LogP contribution in [0, 0.1) is 20.8 Å². The van der Waals surface area contributed by atoms with Crippen LogP contribution < -0.4 is 15.4 Å². The number of nitrogens with zero attached hydrogens (tertiary/aromatic N) is 2. The Morgan fingerprint density at radius 3 is 2.39 bits per heavy atom. The van der Waals surface area contributed by atoms with E-state index in [0.29, 0.717) is 23.9 Å². The average molecular weight is 376 g/mol. The number of aryl methyl sites for hydroxylation is 3. The first-order chi connectivity index (χ1) is 13.5. The van der Waals surface area contributed by atoms with Crippen LogP contribution in [0.5, 0.6) is 5.75 Å². The Bertz CT molecular complexity index is 961. The van der Waals surface area contributed by atoms with Crippen LogP contribution in [0.1, 0.15) is 34.1 Å². The molecule has 6 nitrogen and oxygen atoms in total. The number of carbonyl (C=O) groups excluding carboxylic acids is 1. The van der Waals surface area contributed by atoms with E-state index in [2.05, 4.69) is 39.7 Å². The molecule has 0 fully saturated rings. The molecule has 2 aromatic carbocycles. The number of anilines is 3. The number of ether oxygens (including phenoxy) is 1. The molecule has 1 amide bonds. The SMILES string of the molecule is CCOc1ccccc1NC(=O)c1cnc(Nc2c(C)cc(C)cc2C)cn1. The van der Waals surface area contributed by atoms with Gasteiger partial charge in [-0.2, -0.15) is 0 Å². The molecule has 28 heavy (non-hydrogen) atoms. The molecule has 0 aliphatic rings. The molecule has 0 bridgehead atoms. The Labute approximate surface area is 165 Å². The van der Waals surface area contributed by atoms with Crippen molar-refractivity contribution in [3.05, 3.63) is 71.2 Å². The average Bonchev–Trinajstić information content (AvgIpc) is 2.67. The maximum Gasteiger partial charge on any atom is 0.275 e. The fourth-order valence-electron chi connectivity index (χ4n) is 3.05. The zero-order valence-corrected chi connectivity index (χ0v) is 16.5. The summed E-state index contributed by atoms with van der Waals surface area (Å²) in [7, 11) is 0. The van der Waals surface area contributed by atoms with Gasteiger partial charge in [-0.3, -0.25) is 4.79 Å².